The second kappa shape index (κ2) is 8.65. The molecule has 0 atom stereocenters. The molecule has 0 aromatic heterocycles. The van der Waals surface area contributed by atoms with E-state index in [0.29, 0.717) is 22.0 Å². The van der Waals surface area contributed by atoms with Crippen molar-refractivity contribution in [3.8, 4) is 0 Å². The SMILES string of the molecule is C/C(CC(=O)Nc1cccc(Cl)c1Cl)=N/NC(=O)c1ccccc1C. The highest BCUT2D eigenvalue weighted by Gasteiger charge is 2.11. The molecule has 0 radical (unpaired) electrons. The summed E-state index contributed by atoms with van der Waals surface area (Å²) in [5.74, 6) is -0.633. The van der Waals surface area contributed by atoms with E-state index in [1.807, 2.05) is 19.1 Å². The summed E-state index contributed by atoms with van der Waals surface area (Å²) in [6.45, 7) is 3.49. The van der Waals surface area contributed by atoms with Crippen molar-refractivity contribution in [2.24, 2.45) is 5.10 Å². The first-order valence-electron chi connectivity index (χ1n) is 7.51. The first-order chi connectivity index (χ1) is 11.9. The molecule has 5 nitrogen and oxygen atoms in total. The van der Waals surface area contributed by atoms with E-state index in [4.69, 9.17) is 23.2 Å². The molecule has 0 aliphatic heterocycles. The number of nitrogens with one attached hydrogen (secondary N) is 2. The monoisotopic (exact) mass is 377 g/mol. The molecule has 0 heterocycles. The Labute approximate surface area is 156 Å². The first kappa shape index (κ1) is 19.0. The number of amides is 2. The number of benzene rings is 2. The average Bonchev–Trinajstić information content (AvgIpc) is 2.57. The van der Waals surface area contributed by atoms with Gasteiger partial charge in [0.1, 0.15) is 0 Å². The van der Waals surface area contributed by atoms with Crippen molar-refractivity contribution in [1.82, 2.24) is 5.43 Å². The van der Waals surface area contributed by atoms with Crippen molar-refractivity contribution >= 4 is 46.4 Å². The third-order valence-corrected chi connectivity index (χ3v) is 4.20. The molecule has 0 aliphatic rings. The summed E-state index contributed by atoms with van der Waals surface area (Å²) in [7, 11) is 0. The van der Waals surface area contributed by atoms with Crippen LogP contribution in [0, 0.1) is 6.92 Å². The normalized spacial score (nSPS) is 11.1. The topological polar surface area (TPSA) is 70.6 Å². The summed E-state index contributed by atoms with van der Waals surface area (Å²) in [6.07, 6.45) is 0.0108. The minimum Gasteiger partial charge on any atom is -0.324 e. The maximum absolute atomic E-state index is 12.1. The van der Waals surface area contributed by atoms with E-state index in [0.717, 1.165) is 5.56 Å². The number of hydrogen-bond acceptors (Lipinski definition) is 3. The number of carbonyl (C=O) groups is 2. The molecular weight excluding hydrogens is 361 g/mol. The molecule has 2 rings (SSSR count). The quantitative estimate of drug-likeness (QED) is 0.597. The Morgan fingerprint density at radius 2 is 1.80 bits per heavy atom. The molecule has 0 spiro atoms. The minimum atomic E-state index is -0.323. The van der Waals surface area contributed by atoms with Crippen LogP contribution in [0.4, 0.5) is 5.69 Å². The molecule has 0 fully saturated rings. The number of hydrazone groups is 1. The molecule has 2 aromatic carbocycles. The molecular formula is C18H17Cl2N3O2. The van der Waals surface area contributed by atoms with E-state index in [9.17, 15) is 9.59 Å². The summed E-state index contributed by atoms with van der Waals surface area (Å²) in [5.41, 5.74) is 4.72. The zero-order valence-corrected chi connectivity index (χ0v) is 15.3. The maximum atomic E-state index is 12.1. The lowest BCUT2D eigenvalue weighted by Crippen LogP contribution is -2.22. The van der Waals surface area contributed by atoms with E-state index >= 15 is 0 Å². The Morgan fingerprint density at radius 1 is 1.08 bits per heavy atom. The van der Waals surface area contributed by atoms with Gasteiger partial charge in [-0.1, -0.05) is 47.5 Å². The third-order valence-electron chi connectivity index (χ3n) is 3.38. The van der Waals surface area contributed by atoms with Crippen molar-refractivity contribution in [3.63, 3.8) is 0 Å². The van der Waals surface area contributed by atoms with Crippen molar-refractivity contribution in [2.45, 2.75) is 20.3 Å². The summed E-state index contributed by atoms with van der Waals surface area (Å²) in [5, 5.41) is 7.26. The highest BCUT2D eigenvalue weighted by molar-refractivity contribution is 6.44. The number of aryl methyl sites for hydroxylation is 1. The van der Waals surface area contributed by atoms with Gasteiger partial charge in [-0.3, -0.25) is 9.59 Å². The maximum Gasteiger partial charge on any atom is 0.271 e. The van der Waals surface area contributed by atoms with Gasteiger partial charge in [0.25, 0.3) is 5.91 Å². The average molecular weight is 378 g/mol. The summed E-state index contributed by atoms with van der Waals surface area (Å²) in [4.78, 5) is 24.1. The molecule has 0 bridgehead atoms. The molecule has 25 heavy (non-hydrogen) atoms. The lowest BCUT2D eigenvalue weighted by atomic mass is 10.1. The van der Waals surface area contributed by atoms with Crippen LogP contribution in [-0.2, 0) is 4.79 Å². The zero-order chi connectivity index (χ0) is 18.4. The van der Waals surface area contributed by atoms with Crippen molar-refractivity contribution in [2.75, 3.05) is 5.32 Å². The van der Waals surface area contributed by atoms with Crippen LogP contribution in [0.1, 0.15) is 29.3 Å². The van der Waals surface area contributed by atoms with Crippen molar-refractivity contribution in [1.29, 1.82) is 0 Å². The molecule has 2 aromatic rings. The van der Waals surface area contributed by atoms with Gasteiger partial charge in [-0.15, -0.1) is 0 Å². The highest BCUT2D eigenvalue weighted by atomic mass is 35.5. The Hall–Kier alpha value is -2.37. The first-order valence-corrected chi connectivity index (χ1v) is 8.27. The lowest BCUT2D eigenvalue weighted by molar-refractivity contribution is -0.115. The summed E-state index contributed by atoms with van der Waals surface area (Å²) in [6, 6.07) is 12.2. The molecule has 2 amide bonds. The van der Waals surface area contributed by atoms with Crippen LogP contribution in [0.5, 0.6) is 0 Å². The zero-order valence-electron chi connectivity index (χ0n) is 13.8. The standard InChI is InChI=1S/C18H17Cl2N3O2/c1-11-6-3-4-7-13(11)18(25)23-22-12(2)10-16(24)21-15-9-5-8-14(19)17(15)20/h3-9H,10H2,1-2H3,(H,21,24)(H,23,25)/b22-12-. The van der Waals surface area contributed by atoms with Crippen LogP contribution < -0.4 is 10.7 Å². The van der Waals surface area contributed by atoms with E-state index in [2.05, 4.69) is 15.8 Å². The van der Waals surface area contributed by atoms with Gasteiger partial charge in [0, 0.05) is 11.3 Å². The number of nitrogens with zero attached hydrogens (tertiary/aromatic N) is 1. The van der Waals surface area contributed by atoms with Crippen LogP contribution in [0.25, 0.3) is 0 Å². The number of carbonyl (C=O) groups excluding carboxylic acids is 2. The predicted molar refractivity (Wildman–Crippen MR) is 101 cm³/mol. The molecule has 0 unspecified atom stereocenters. The Bertz CT molecular complexity index is 835. The molecule has 0 saturated carbocycles. The highest BCUT2D eigenvalue weighted by Crippen LogP contribution is 2.29. The van der Waals surface area contributed by atoms with Crippen LogP contribution in [0.3, 0.4) is 0 Å². The Balaban J connectivity index is 1.94. The van der Waals surface area contributed by atoms with Gasteiger partial charge in [0.15, 0.2) is 0 Å². The second-order valence-electron chi connectivity index (χ2n) is 5.43. The fraction of sp³-hybridized carbons (Fsp3) is 0.167. The van der Waals surface area contributed by atoms with E-state index < -0.39 is 0 Å². The predicted octanol–water partition coefficient (Wildman–Crippen LogP) is 4.44. The van der Waals surface area contributed by atoms with Gasteiger partial charge in [0.05, 0.1) is 22.2 Å². The Kier molecular flexibility index (Phi) is 6.56. The van der Waals surface area contributed by atoms with Crippen molar-refractivity contribution in [3.05, 3.63) is 63.6 Å². The number of anilines is 1. The summed E-state index contributed by atoms with van der Waals surface area (Å²) >= 11 is 11.9. The lowest BCUT2D eigenvalue weighted by Gasteiger charge is -2.08. The smallest absolute Gasteiger partial charge is 0.271 e. The number of halogens is 2. The van der Waals surface area contributed by atoms with Crippen LogP contribution in [0.15, 0.2) is 47.6 Å². The Morgan fingerprint density at radius 3 is 2.52 bits per heavy atom. The van der Waals surface area contributed by atoms with Crippen LogP contribution in [0.2, 0.25) is 10.0 Å². The van der Waals surface area contributed by atoms with Gasteiger partial charge in [0.2, 0.25) is 5.91 Å². The number of hydrogen-bond donors (Lipinski definition) is 2. The van der Waals surface area contributed by atoms with Gasteiger partial charge in [-0.2, -0.15) is 5.10 Å². The minimum absolute atomic E-state index is 0.0108. The van der Waals surface area contributed by atoms with Crippen LogP contribution in [-0.4, -0.2) is 17.5 Å². The van der Waals surface area contributed by atoms with Crippen molar-refractivity contribution < 1.29 is 9.59 Å². The number of rotatable bonds is 5. The molecule has 7 heteroatoms. The van der Waals surface area contributed by atoms with E-state index in [-0.39, 0.29) is 23.3 Å². The molecule has 2 N–H and O–H groups in total. The van der Waals surface area contributed by atoms with Gasteiger partial charge >= 0.3 is 0 Å². The molecule has 130 valence electrons. The second-order valence-corrected chi connectivity index (χ2v) is 6.21. The van der Waals surface area contributed by atoms with Gasteiger partial charge in [-0.05, 0) is 37.6 Å². The molecule has 0 aliphatic carbocycles. The fourth-order valence-electron chi connectivity index (χ4n) is 2.10. The fourth-order valence-corrected chi connectivity index (χ4v) is 2.45. The van der Waals surface area contributed by atoms with Gasteiger partial charge in [-0.25, -0.2) is 5.43 Å². The third kappa shape index (κ3) is 5.31. The van der Waals surface area contributed by atoms with Crippen LogP contribution >= 0.6 is 23.2 Å². The molecule has 0 saturated heterocycles. The summed E-state index contributed by atoms with van der Waals surface area (Å²) < 4.78 is 0. The largest absolute Gasteiger partial charge is 0.324 e. The van der Waals surface area contributed by atoms with E-state index in [1.54, 1.807) is 37.3 Å². The van der Waals surface area contributed by atoms with Gasteiger partial charge < -0.3 is 5.32 Å². The van der Waals surface area contributed by atoms with E-state index in [1.165, 1.54) is 0 Å².